The van der Waals surface area contributed by atoms with Crippen LogP contribution in [0.25, 0.3) is 10.9 Å². The molecule has 0 aliphatic carbocycles. The molecule has 0 spiro atoms. The van der Waals surface area contributed by atoms with Crippen molar-refractivity contribution in [3.05, 3.63) is 59.4 Å². The highest BCUT2D eigenvalue weighted by molar-refractivity contribution is 7.79. The molecule has 0 bridgehead atoms. The number of aromatic nitrogens is 2. The van der Waals surface area contributed by atoms with E-state index in [0.717, 1.165) is 5.56 Å². The second-order valence-electron chi connectivity index (χ2n) is 5.99. The summed E-state index contributed by atoms with van der Waals surface area (Å²) in [5, 5.41) is 0.330. The summed E-state index contributed by atoms with van der Waals surface area (Å²) in [5.41, 5.74) is 12.7. The third-order valence-electron chi connectivity index (χ3n) is 4.19. The van der Waals surface area contributed by atoms with Gasteiger partial charge in [0.25, 0.3) is 17.6 Å². The highest BCUT2D eigenvalue weighted by Gasteiger charge is 2.26. The predicted molar refractivity (Wildman–Crippen MR) is 124 cm³/mol. The van der Waals surface area contributed by atoms with Gasteiger partial charge in [-0.2, -0.15) is 12.6 Å². The largest absolute Gasteiger partial charge is 0.467 e. The van der Waals surface area contributed by atoms with E-state index < -0.39 is 24.2 Å². The molecule has 1 aromatic carbocycles. The Bertz CT molecular complexity index is 1050. The first-order valence-electron chi connectivity index (χ1n) is 9.61. The van der Waals surface area contributed by atoms with Gasteiger partial charge in [-0.05, 0) is 24.8 Å². The zero-order valence-electron chi connectivity index (χ0n) is 18.1. The number of Topliss-reactive ketones (excluding diaryl/α,β-unsaturated/α-hetero) is 1. The number of hydrogen-bond acceptors (Lipinski definition) is 6. The summed E-state index contributed by atoms with van der Waals surface area (Å²) >= 11 is 3.53. The topological polar surface area (TPSA) is 130 Å². The maximum absolute atomic E-state index is 12.5. The third kappa shape index (κ3) is 6.08. The quantitative estimate of drug-likeness (QED) is 0.293. The number of ketones is 1. The van der Waals surface area contributed by atoms with Gasteiger partial charge in [-0.3, -0.25) is 14.4 Å². The van der Waals surface area contributed by atoms with Crippen molar-refractivity contribution in [3.8, 4) is 5.88 Å². The molecule has 9 heteroatoms. The maximum Gasteiger partial charge on any atom is 0.289 e. The summed E-state index contributed by atoms with van der Waals surface area (Å²) in [6, 6.07) is 11.3. The standard InChI is InChI=1S/C19H18N4O4.C2H6.CH4S/c1-11-15(17(25)18(21)26)16-13(7-8-22-19(16)27-10-14(20)24)23(11)9-12-5-3-2-4-6-12;2*1-2/h2-8H,9-10H2,1H3,(H2,20,24)(H2,21,26);1-2H3;2H,1H3. The fourth-order valence-electron chi connectivity index (χ4n) is 3.01. The Morgan fingerprint density at radius 2 is 1.68 bits per heavy atom. The lowest BCUT2D eigenvalue weighted by molar-refractivity contribution is -0.120. The van der Waals surface area contributed by atoms with Crippen molar-refractivity contribution in [3.63, 3.8) is 0 Å². The first-order chi connectivity index (χ1) is 14.9. The Kier molecular flexibility index (Phi) is 10.3. The van der Waals surface area contributed by atoms with Gasteiger partial charge in [0.05, 0.1) is 16.5 Å². The van der Waals surface area contributed by atoms with Crippen LogP contribution in [0.15, 0.2) is 42.6 Å². The number of carbonyl (C=O) groups excluding carboxylic acids is 3. The molecule has 2 amide bonds. The van der Waals surface area contributed by atoms with Crippen LogP contribution >= 0.6 is 12.6 Å². The van der Waals surface area contributed by atoms with Crippen LogP contribution in [0.4, 0.5) is 0 Å². The number of fused-ring (bicyclic) bond motifs is 1. The molecular weight excluding hydrogens is 416 g/mol. The smallest absolute Gasteiger partial charge is 0.289 e. The monoisotopic (exact) mass is 444 g/mol. The first-order valence-corrected chi connectivity index (χ1v) is 10.5. The van der Waals surface area contributed by atoms with Gasteiger partial charge in [0.2, 0.25) is 5.88 Å². The van der Waals surface area contributed by atoms with E-state index in [4.69, 9.17) is 16.2 Å². The van der Waals surface area contributed by atoms with Gasteiger partial charge in [-0.25, -0.2) is 4.98 Å². The molecule has 2 heterocycles. The van der Waals surface area contributed by atoms with Crippen LogP contribution in [0.3, 0.4) is 0 Å². The van der Waals surface area contributed by atoms with Crippen molar-refractivity contribution in [1.82, 2.24) is 9.55 Å². The van der Waals surface area contributed by atoms with Crippen LogP contribution in [0.5, 0.6) is 5.88 Å². The molecule has 0 saturated heterocycles. The number of amides is 2. The number of carbonyl (C=O) groups is 3. The van der Waals surface area contributed by atoms with E-state index in [1.165, 1.54) is 6.20 Å². The van der Waals surface area contributed by atoms with Crippen LogP contribution in [0.1, 0.15) is 35.5 Å². The Morgan fingerprint density at radius 1 is 1.06 bits per heavy atom. The summed E-state index contributed by atoms with van der Waals surface area (Å²) in [6.45, 7) is 5.78. The van der Waals surface area contributed by atoms with E-state index in [1.807, 2.05) is 48.7 Å². The second kappa shape index (κ2) is 12.4. The summed E-state index contributed by atoms with van der Waals surface area (Å²) in [6.07, 6.45) is 3.19. The van der Waals surface area contributed by atoms with Crippen molar-refractivity contribution in [2.45, 2.75) is 27.3 Å². The minimum absolute atomic E-state index is 0.0470. The Morgan fingerprint density at radius 3 is 2.23 bits per heavy atom. The van der Waals surface area contributed by atoms with Crippen LogP contribution in [0.2, 0.25) is 0 Å². The minimum atomic E-state index is -1.08. The number of nitrogens with two attached hydrogens (primary N) is 2. The molecule has 0 saturated carbocycles. The molecule has 0 aliphatic rings. The maximum atomic E-state index is 12.5. The average Bonchev–Trinajstić information content (AvgIpc) is 3.07. The Balaban J connectivity index is 0.00000113. The van der Waals surface area contributed by atoms with Crippen LogP contribution in [0, 0.1) is 6.92 Å². The average molecular weight is 445 g/mol. The molecule has 3 rings (SSSR count). The number of thiol groups is 1. The molecule has 3 aromatic rings. The highest BCUT2D eigenvalue weighted by atomic mass is 32.1. The van der Waals surface area contributed by atoms with Crippen molar-refractivity contribution < 1.29 is 19.1 Å². The summed E-state index contributed by atoms with van der Waals surface area (Å²) in [5.74, 6) is -2.56. The number of pyridine rings is 1. The lowest BCUT2D eigenvalue weighted by Gasteiger charge is -2.09. The van der Waals surface area contributed by atoms with Gasteiger partial charge in [0.1, 0.15) is 0 Å². The molecule has 166 valence electrons. The minimum Gasteiger partial charge on any atom is -0.467 e. The summed E-state index contributed by atoms with van der Waals surface area (Å²) < 4.78 is 7.24. The molecule has 0 radical (unpaired) electrons. The number of benzene rings is 1. The zero-order valence-corrected chi connectivity index (χ0v) is 19.0. The normalized spacial score (nSPS) is 9.71. The lowest BCUT2D eigenvalue weighted by Crippen LogP contribution is -2.24. The first kappa shape index (κ1) is 25.7. The predicted octanol–water partition coefficient (Wildman–Crippen LogP) is 2.50. The number of primary amides is 2. The molecule has 31 heavy (non-hydrogen) atoms. The highest BCUT2D eigenvalue weighted by Crippen LogP contribution is 2.33. The van der Waals surface area contributed by atoms with Crippen molar-refractivity contribution in [2.75, 3.05) is 12.9 Å². The van der Waals surface area contributed by atoms with E-state index >= 15 is 0 Å². The fraction of sp³-hybridized carbons (Fsp3) is 0.273. The van der Waals surface area contributed by atoms with Gasteiger partial charge in [0.15, 0.2) is 6.61 Å². The molecule has 8 nitrogen and oxygen atoms in total. The molecular formula is C22H28N4O4S. The summed E-state index contributed by atoms with van der Waals surface area (Å²) in [4.78, 5) is 39.2. The van der Waals surface area contributed by atoms with Gasteiger partial charge in [-0.15, -0.1) is 0 Å². The van der Waals surface area contributed by atoms with Gasteiger partial charge >= 0.3 is 0 Å². The summed E-state index contributed by atoms with van der Waals surface area (Å²) in [7, 11) is 0. The van der Waals surface area contributed by atoms with Crippen LogP contribution < -0.4 is 16.2 Å². The van der Waals surface area contributed by atoms with E-state index in [1.54, 1.807) is 19.2 Å². The van der Waals surface area contributed by atoms with E-state index in [2.05, 4.69) is 17.6 Å². The second-order valence-corrected chi connectivity index (χ2v) is 5.99. The third-order valence-corrected chi connectivity index (χ3v) is 4.19. The van der Waals surface area contributed by atoms with E-state index in [9.17, 15) is 14.4 Å². The zero-order chi connectivity index (χ0) is 23.6. The fourth-order valence-corrected chi connectivity index (χ4v) is 3.01. The van der Waals surface area contributed by atoms with Crippen molar-refractivity contribution >= 4 is 41.1 Å². The lowest BCUT2D eigenvalue weighted by atomic mass is 10.1. The number of hydrogen-bond donors (Lipinski definition) is 3. The molecule has 0 fully saturated rings. The Labute approximate surface area is 187 Å². The van der Waals surface area contributed by atoms with Crippen molar-refractivity contribution in [1.29, 1.82) is 0 Å². The van der Waals surface area contributed by atoms with Crippen molar-refractivity contribution in [2.24, 2.45) is 11.5 Å². The molecule has 0 atom stereocenters. The Hall–Kier alpha value is -3.33. The molecule has 0 aliphatic heterocycles. The SMILES string of the molecule is CC.CS.Cc1c(C(=O)C(N)=O)c2c(OCC(N)=O)nccc2n1Cc1ccccc1. The number of nitrogens with zero attached hydrogens (tertiary/aromatic N) is 2. The van der Waals surface area contributed by atoms with Crippen LogP contribution in [-0.2, 0) is 16.1 Å². The number of rotatable bonds is 7. The molecule has 0 unspecified atom stereocenters. The van der Waals surface area contributed by atoms with E-state index in [-0.39, 0.29) is 11.4 Å². The van der Waals surface area contributed by atoms with Crippen LogP contribution in [-0.4, -0.2) is 40.0 Å². The van der Waals surface area contributed by atoms with Gasteiger partial charge < -0.3 is 20.8 Å². The van der Waals surface area contributed by atoms with E-state index in [0.29, 0.717) is 23.1 Å². The van der Waals surface area contributed by atoms with Gasteiger partial charge in [0, 0.05) is 18.4 Å². The number of ether oxygens (including phenoxy) is 1. The van der Waals surface area contributed by atoms with Gasteiger partial charge in [-0.1, -0.05) is 44.2 Å². The molecule has 4 N–H and O–H groups in total. The molecule has 2 aromatic heterocycles.